The molecule has 1 rings (SSSR count). The average Bonchev–Trinajstić information content (AvgIpc) is 2.73. The summed E-state index contributed by atoms with van der Waals surface area (Å²) in [4.78, 5) is 24.0. The van der Waals surface area contributed by atoms with Gasteiger partial charge < -0.3 is 10.1 Å². The van der Waals surface area contributed by atoms with Crippen molar-refractivity contribution in [3.8, 4) is 0 Å². The number of nitrogens with one attached hydrogen (secondary N) is 1. The number of esters is 1. The SMILES string of the molecule is COC(=O)c1sccc1NC(=O)CC(C)CC(C)(C)C. The predicted molar refractivity (Wildman–Crippen MR) is 82.1 cm³/mol. The Balaban J connectivity index is 2.59. The molecule has 1 aromatic heterocycles. The quantitative estimate of drug-likeness (QED) is 0.838. The molecule has 20 heavy (non-hydrogen) atoms. The largest absolute Gasteiger partial charge is 0.465 e. The van der Waals surface area contributed by atoms with E-state index >= 15 is 0 Å². The lowest BCUT2D eigenvalue weighted by Crippen LogP contribution is -2.19. The van der Waals surface area contributed by atoms with Crippen LogP contribution in [0.2, 0.25) is 0 Å². The molecule has 1 unspecified atom stereocenters. The van der Waals surface area contributed by atoms with Crippen LogP contribution in [-0.2, 0) is 9.53 Å². The molecule has 1 atom stereocenters. The number of rotatable bonds is 5. The average molecular weight is 297 g/mol. The first-order valence-corrected chi connectivity index (χ1v) is 7.56. The van der Waals surface area contributed by atoms with Crippen LogP contribution in [-0.4, -0.2) is 19.0 Å². The number of carbonyl (C=O) groups excluding carboxylic acids is 2. The molecular weight excluding hydrogens is 274 g/mol. The second-order valence-corrected chi connectivity index (χ2v) is 7.19. The maximum Gasteiger partial charge on any atom is 0.350 e. The van der Waals surface area contributed by atoms with Gasteiger partial charge in [-0.3, -0.25) is 4.79 Å². The zero-order valence-electron chi connectivity index (χ0n) is 12.8. The van der Waals surface area contributed by atoms with Gasteiger partial charge in [0.25, 0.3) is 0 Å². The standard InChI is InChI=1S/C15H23NO3S/c1-10(9-15(2,3)4)8-12(17)16-11-6-7-20-13(11)14(18)19-5/h6-7,10H,8-9H2,1-5H3,(H,16,17). The first-order chi connectivity index (χ1) is 9.23. The van der Waals surface area contributed by atoms with E-state index in [2.05, 4.69) is 37.7 Å². The second kappa shape index (κ2) is 6.88. The van der Waals surface area contributed by atoms with E-state index in [0.29, 0.717) is 22.9 Å². The number of methoxy groups -OCH3 is 1. The number of ether oxygens (including phenoxy) is 1. The van der Waals surface area contributed by atoms with Gasteiger partial charge in [0, 0.05) is 6.42 Å². The number of hydrogen-bond acceptors (Lipinski definition) is 4. The first kappa shape index (κ1) is 16.7. The van der Waals surface area contributed by atoms with E-state index in [1.165, 1.54) is 18.4 Å². The van der Waals surface area contributed by atoms with Gasteiger partial charge in [-0.05, 0) is 29.2 Å². The van der Waals surface area contributed by atoms with Gasteiger partial charge in [-0.2, -0.15) is 0 Å². The van der Waals surface area contributed by atoms with Crippen molar-refractivity contribution in [1.29, 1.82) is 0 Å². The van der Waals surface area contributed by atoms with Crippen molar-refractivity contribution >= 4 is 28.9 Å². The topological polar surface area (TPSA) is 55.4 Å². The maximum absolute atomic E-state index is 12.0. The van der Waals surface area contributed by atoms with Crippen LogP contribution in [0, 0.1) is 11.3 Å². The first-order valence-electron chi connectivity index (χ1n) is 6.68. The van der Waals surface area contributed by atoms with Crippen LogP contribution in [0.1, 0.15) is 50.2 Å². The van der Waals surface area contributed by atoms with Crippen molar-refractivity contribution in [1.82, 2.24) is 0 Å². The highest BCUT2D eigenvalue weighted by Gasteiger charge is 2.20. The summed E-state index contributed by atoms with van der Waals surface area (Å²) in [5.74, 6) is -0.182. The van der Waals surface area contributed by atoms with Gasteiger partial charge in [0.1, 0.15) is 4.88 Å². The molecule has 0 aliphatic rings. The normalized spacial score (nSPS) is 12.8. The van der Waals surface area contributed by atoms with E-state index in [4.69, 9.17) is 0 Å². The van der Waals surface area contributed by atoms with Crippen LogP contribution < -0.4 is 5.32 Å². The summed E-state index contributed by atoms with van der Waals surface area (Å²) in [5, 5.41) is 4.56. The minimum atomic E-state index is -0.418. The smallest absolute Gasteiger partial charge is 0.350 e. The van der Waals surface area contributed by atoms with Gasteiger partial charge in [0.15, 0.2) is 0 Å². The van der Waals surface area contributed by atoms with Crippen LogP contribution in [0.3, 0.4) is 0 Å². The number of carbonyl (C=O) groups is 2. The minimum Gasteiger partial charge on any atom is -0.465 e. The fraction of sp³-hybridized carbons (Fsp3) is 0.600. The number of thiophene rings is 1. The molecule has 0 saturated carbocycles. The molecule has 0 bridgehead atoms. The Morgan fingerprint density at radius 2 is 2.05 bits per heavy atom. The van der Waals surface area contributed by atoms with E-state index < -0.39 is 5.97 Å². The van der Waals surface area contributed by atoms with E-state index in [1.807, 2.05) is 0 Å². The second-order valence-electron chi connectivity index (χ2n) is 6.28. The van der Waals surface area contributed by atoms with Gasteiger partial charge >= 0.3 is 5.97 Å². The van der Waals surface area contributed by atoms with E-state index in [1.54, 1.807) is 11.4 Å². The molecule has 1 amide bonds. The van der Waals surface area contributed by atoms with E-state index in [9.17, 15) is 9.59 Å². The highest BCUT2D eigenvalue weighted by molar-refractivity contribution is 7.12. The molecule has 0 radical (unpaired) electrons. The molecule has 112 valence electrons. The Bertz CT molecular complexity index is 474. The number of anilines is 1. The molecule has 0 aromatic carbocycles. The van der Waals surface area contributed by atoms with Gasteiger partial charge in [0.2, 0.25) is 5.91 Å². The van der Waals surface area contributed by atoms with Crippen molar-refractivity contribution in [3.63, 3.8) is 0 Å². The molecule has 0 spiro atoms. The summed E-state index contributed by atoms with van der Waals surface area (Å²) in [6.45, 7) is 8.56. The van der Waals surface area contributed by atoms with E-state index in [0.717, 1.165) is 6.42 Å². The lowest BCUT2D eigenvalue weighted by molar-refractivity contribution is -0.117. The van der Waals surface area contributed by atoms with E-state index in [-0.39, 0.29) is 11.3 Å². The Morgan fingerprint density at radius 3 is 2.60 bits per heavy atom. The summed E-state index contributed by atoms with van der Waals surface area (Å²) >= 11 is 1.26. The van der Waals surface area contributed by atoms with Crippen LogP contribution in [0.25, 0.3) is 0 Å². The molecular formula is C15H23NO3S. The van der Waals surface area contributed by atoms with Gasteiger partial charge in [-0.25, -0.2) is 4.79 Å². The summed E-state index contributed by atoms with van der Waals surface area (Å²) in [7, 11) is 1.33. The van der Waals surface area contributed by atoms with Crippen molar-refractivity contribution < 1.29 is 14.3 Å². The molecule has 0 fully saturated rings. The summed E-state index contributed by atoms with van der Waals surface area (Å²) in [6, 6.07) is 1.73. The van der Waals surface area contributed by atoms with Crippen molar-refractivity contribution in [2.45, 2.75) is 40.5 Å². The monoisotopic (exact) mass is 297 g/mol. The van der Waals surface area contributed by atoms with Gasteiger partial charge in [-0.1, -0.05) is 27.7 Å². The molecule has 0 aliphatic carbocycles. The summed E-state index contributed by atoms with van der Waals surface area (Å²) in [6.07, 6.45) is 1.43. The van der Waals surface area contributed by atoms with Crippen LogP contribution >= 0.6 is 11.3 Å². The van der Waals surface area contributed by atoms with Crippen LogP contribution in [0.5, 0.6) is 0 Å². The third kappa shape index (κ3) is 5.33. The Labute approximate surface area is 124 Å². The van der Waals surface area contributed by atoms with Crippen molar-refractivity contribution in [2.24, 2.45) is 11.3 Å². The summed E-state index contributed by atoms with van der Waals surface area (Å²) in [5.41, 5.74) is 0.744. The molecule has 0 aliphatic heterocycles. The lowest BCUT2D eigenvalue weighted by Gasteiger charge is -2.22. The van der Waals surface area contributed by atoms with Crippen molar-refractivity contribution in [3.05, 3.63) is 16.3 Å². The Kier molecular flexibility index (Phi) is 5.74. The predicted octanol–water partition coefficient (Wildman–Crippen LogP) is 3.94. The fourth-order valence-electron chi connectivity index (χ4n) is 2.29. The molecule has 1 heterocycles. The molecule has 1 aromatic rings. The molecule has 4 nitrogen and oxygen atoms in total. The minimum absolute atomic E-state index is 0.0645. The zero-order valence-corrected chi connectivity index (χ0v) is 13.6. The Hall–Kier alpha value is -1.36. The molecule has 0 saturated heterocycles. The Morgan fingerprint density at radius 1 is 1.40 bits per heavy atom. The number of amides is 1. The van der Waals surface area contributed by atoms with Crippen LogP contribution in [0.4, 0.5) is 5.69 Å². The van der Waals surface area contributed by atoms with Gasteiger partial charge in [-0.15, -0.1) is 11.3 Å². The zero-order chi connectivity index (χ0) is 15.3. The molecule has 5 heteroatoms. The molecule has 1 N–H and O–H groups in total. The van der Waals surface area contributed by atoms with Crippen LogP contribution in [0.15, 0.2) is 11.4 Å². The highest BCUT2D eigenvalue weighted by Crippen LogP contribution is 2.27. The fourth-order valence-corrected chi connectivity index (χ4v) is 3.06. The van der Waals surface area contributed by atoms with Gasteiger partial charge in [0.05, 0.1) is 12.8 Å². The number of hydrogen-bond donors (Lipinski definition) is 1. The summed E-state index contributed by atoms with van der Waals surface area (Å²) < 4.78 is 4.68. The third-order valence-corrected chi connectivity index (χ3v) is 3.70. The third-order valence-electron chi connectivity index (χ3n) is 2.80. The maximum atomic E-state index is 12.0. The lowest BCUT2D eigenvalue weighted by atomic mass is 9.84. The van der Waals surface area contributed by atoms with Crippen molar-refractivity contribution in [2.75, 3.05) is 12.4 Å². The highest BCUT2D eigenvalue weighted by atomic mass is 32.1.